The average Bonchev–Trinajstić information content (AvgIpc) is 2.44. The molecule has 0 spiro atoms. The second-order valence-corrected chi connectivity index (χ2v) is 5.47. The molecular weight excluding hydrogens is 234 g/mol. The van der Waals surface area contributed by atoms with Crippen LogP contribution in [-0.2, 0) is 0 Å². The van der Waals surface area contributed by atoms with Gasteiger partial charge in [0.05, 0.1) is 0 Å². The van der Waals surface area contributed by atoms with Crippen LogP contribution in [0.15, 0.2) is 0 Å². The van der Waals surface area contributed by atoms with Gasteiger partial charge in [0, 0.05) is 26.2 Å². The molecule has 0 saturated carbocycles. The molecule has 2 heterocycles. The minimum absolute atomic E-state index is 0.616. The molecule has 0 aliphatic carbocycles. The quantitative estimate of drug-likeness (QED) is 0.710. The van der Waals surface area contributed by atoms with E-state index >= 15 is 0 Å². The molecule has 0 amide bonds. The number of likely N-dealkylation sites (N-methyl/N-ethyl adjacent to an activating group) is 1. The fourth-order valence-electron chi connectivity index (χ4n) is 1.88. The molecule has 2 rings (SSSR count). The van der Waals surface area contributed by atoms with Crippen molar-refractivity contribution >= 4 is 0 Å². The Bertz CT molecular complexity index is 155. The summed E-state index contributed by atoms with van der Waals surface area (Å²) in [6.45, 7) is 19.9. The minimum atomic E-state index is 0.616. The fraction of sp³-hybridized carbons (Fsp3) is 1.00. The minimum Gasteiger partial charge on any atom is -0.317 e. The van der Waals surface area contributed by atoms with Gasteiger partial charge in [-0.2, -0.15) is 0 Å². The summed E-state index contributed by atoms with van der Waals surface area (Å²) in [5.74, 6) is 0. The molecular formula is C16H39N3. The Morgan fingerprint density at radius 3 is 1.32 bits per heavy atom. The molecule has 0 bridgehead atoms. The summed E-state index contributed by atoms with van der Waals surface area (Å²) in [4.78, 5) is 2.33. The monoisotopic (exact) mass is 273 g/mol. The SMILES string of the molecule is CC.CC.CC1(C)CCNCC1.CN1CCNCC1. The molecule has 2 saturated heterocycles. The maximum absolute atomic E-state index is 3.34. The normalized spacial score (nSPS) is 21.6. The Hall–Kier alpha value is -0.120. The van der Waals surface area contributed by atoms with Gasteiger partial charge in [-0.3, -0.25) is 0 Å². The van der Waals surface area contributed by atoms with Crippen LogP contribution in [0.2, 0.25) is 0 Å². The highest BCUT2D eigenvalue weighted by molar-refractivity contribution is 4.75. The maximum atomic E-state index is 3.34. The number of nitrogens with one attached hydrogen (secondary N) is 2. The van der Waals surface area contributed by atoms with E-state index in [4.69, 9.17) is 0 Å². The molecule has 0 aromatic rings. The molecule has 2 aliphatic heterocycles. The van der Waals surface area contributed by atoms with Crippen molar-refractivity contribution in [2.45, 2.75) is 54.4 Å². The summed E-state index contributed by atoms with van der Waals surface area (Å²) in [6, 6.07) is 0. The van der Waals surface area contributed by atoms with Crippen molar-refractivity contribution in [1.82, 2.24) is 15.5 Å². The van der Waals surface area contributed by atoms with E-state index in [9.17, 15) is 0 Å². The van der Waals surface area contributed by atoms with E-state index in [1.165, 1.54) is 39.0 Å². The Morgan fingerprint density at radius 2 is 1.11 bits per heavy atom. The van der Waals surface area contributed by atoms with E-state index < -0.39 is 0 Å². The average molecular weight is 274 g/mol. The molecule has 19 heavy (non-hydrogen) atoms. The van der Waals surface area contributed by atoms with E-state index in [2.05, 4.69) is 36.4 Å². The van der Waals surface area contributed by atoms with Gasteiger partial charge in [0.1, 0.15) is 0 Å². The number of piperazine rings is 1. The fourth-order valence-corrected chi connectivity index (χ4v) is 1.88. The lowest BCUT2D eigenvalue weighted by Gasteiger charge is -2.29. The third-order valence-electron chi connectivity index (χ3n) is 3.30. The summed E-state index contributed by atoms with van der Waals surface area (Å²) < 4.78 is 0. The lowest BCUT2D eigenvalue weighted by atomic mass is 9.83. The largest absolute Gasteiger partial charge is 0.317 e. The van der Waals surface area contributed by atoms with E-state index in [1.54, 1.807) is 0 Å². The van der Waals surface area contributed by atoms with Crippen molar-refractivity contribution in [3.63, 3.8) is 0 Å². The highest BCUT2D eigenvalue weighted by atomic mass is 15.2. The van der Waals surface area contributed by atoms with Crippen molar-refractivity contribution in [1.29, 1.82) is 0 Å². The molecule has 3 heteroatoms. The topological polar surface area (TPSA) is 27.3 Å². The van der Waals surface area contributed by atoms with E-state index in [1.807, 2.05) is 27.7 Å². The molecule has 0 aromatic carbocycles. The number of hydrogen-bond acceptors (Lipinski definition) is 3. The zero-order valence-electron chi connectivity index (χ0n) is 14.6. The molecule has 0 aromatic heterocycles. The summed E-state index contributed by atoms with van der Waals surface area (Å²) in [7, 11) is 2.15. The van der Waals surface area contributed by atoms with Gasteiger partial charge in [0.25, 0.3) is 0 Å². The number of rotatable bonds is 0. The standard InChI is InChI=1S/C7H15N.C5H12N2.2C2H6/c1-7(2)3-5-8-6-4-7;1-7-4-2-6-3-5-7;2*1-2/h8H,3-6H2,1-2H3;6H,2-5H2,1H3;2*1-2H3. The van der Waals surface area contributed by atoms with Crippen LogP contribution >= 0.6 is 0 Å². The highest BCUT2D eigenvalue weighted by Crippen LogP contribution is 2.25. The number of nitrogens with zero attached hydrogens (tertiary/aromatic N) is 1. The lowest BCUT2D eigenvalue weighted by Crippen LogP contribution is -2.40. The third kappa shape index (κ3) is 14.1. The smallest absolute Gasteiger partial charge is 0.0104 e. The molecule has 118 valence electrons. The summed E-state index contributed by atoms with van der Waals surface area (Å²) in [5.41, 5.74) is 0.616. The Labute approximate surface area is 122 Å². The lowest BCUT2D eigenvalue weighted by molar-refractivity contribution is 0.259. The first-order valence-electron chi connectivity index (χ1n) is 8.20. The molecule has 2 fully saturated rings. The number of hydrogen-bond donors (Lipinski definition) is 2. The Balaban J connectivity index is 0. The maximum Gasteiger partial charge on any atom is 0.0104 e. The molecule has 2 aliphatic rings. The van der Waals surface area contributed by atoms with Gasteiger partial charge in [-0.1, -0.05) is 41.5 Å². The van der Waals surface area contributed by atoms with Gasteiger partial charge in [0.15, 0.2) is 0 Å². The van der Waals surface area contributed by atoms with Gasteiger partial charge in [-0.15, -0.1) is 0 Å². The summed E-state index contributed by atoms with van der Waals surface area (Å²) in [6.07, 6.45) is 2.68. The predicted molar refractivity (Wildman–Crippen MR) is 88.9 cm³/mol. The zero-order chi connectivity index (χ0) is 15.1. The van der Waals surface area contributed by atoms with Crippen LogP contribution in [0.3, 0.4) is 0 Å². The van der Waals surface area contributed by atoms with E-state index in [0.717, 1.165) is 13.1 Å². The molecule has 0 unspecified atom stereocenters. The van der Waals surface area contributed by atoms with Crippen molar-refractivity contribution in [3.05, 3.63) is 0 Å². The Kier molecular flexibility index (Phi) is 15.9. The van der Waals surface area contributed by atoms with Crippen LogP contribution in [0, 0.1) is 5.41 Å². The first kappa shape index (κ1) is 21.2. The van der Waals surface area contributed by atoms with Gasteiger partial charge in [0.2, 0.25) is 0 Å². The number of piperidine rings is 1. The van der Waals surface area contributed by atoms with Crippen LogP contribution in [0.1, 0.15) is 54.4 Å². The van der Waals surface area contributed by atoms with Crippen LogP contribution in [0.4, 0.5) is 0 Å². The molecule has 0 radical (unpaired) electrons. The van der Waals surface area contributed by atoms with E-state index in [0.29, 0.717) is 5.41 Å². The van der Waals surface area contributed by atoms with Crippen LogP contribution < -0.4 is 10.6 Å². The van der Waals surface area contributed by atoms with Crippen molar-refractivity contribution in [2.75, 3.05) is 46.3 Å². The summed E-state index contributed by atoms with van der Waals surface area (Å²) >= 11 is 0. The Morgan fingerprint density at radius 1 is 0.737 bits per heavy atom. The zero-order valence-corrected chi connectivity index (χ0v) is 14.6. The first-order chi connectivity index (χ1) is 9.10. The molecule has 2 N–H and O–H groups in total. The van der Waals surface area contributed by atoms with Crippen LogP contribution in [0.5, 0.6) is 0 Å². The molecule has 3 nitrogen and oxygen atoms in total. The second-order valence-electron chi connectivity index (χ2n) is 5.47. The van der Waals surface area contributed by atoms with Gasteiger partial charge < -0.3 is 15.5 Å². The van der Waals surface area contributed by atoms with E-state index in [-0.39, 0.29) is 0 Å². The first-order valence-corrected chi connectivity index (χ1v) is 8.20. The van der Waals surface area contributed by atoms with Crippen molar-refractivity contribution in [2.24, 2.45) is 5.41 Å². The van der Waals surface area contributed by atoms with Crippen molar-refractivity contribution < 1.29 is 0 Å². The van der Waals surface area contributed by atoms with Crippen molar-refractivity contribution in [3.8, 4) is 0 Å². The van der Waals surface area contributed by atoms with Gasteiger partial charge in [-0.05, 0) is 38.4 Å². The highest BCUT2D eigenvalue weighted by Gasteiger charge is 2.19. The second kappa shape index (κ2) is 14.3. The van der Waals surface area contributed by atoms with Crippen LogP contribution in [0.25, 0.3) is 0 Å². The third-order valence-corrected chi connectivity index (χ3v) is 3.30. The van der Waals surface area contributed by atoms with Gasteiger partial charge in [-0.25, -0.2) is 0 Å². The van der Waals surface area contributed by atoms with Gasteiger partial charge >= 0.3 is 0 Å². The summed E-state index contributed by atoms with van der Waals surface area (Å²) in [5, 5.41) is 6.61. The van der Waals surface area contributed by atoms with Crippen LogP contribution in [-0.4, -0.2) is 51.2 Å². The molecule has 0 atom stereocenters. The predicted octanol–water partition coefficient (Wildman–Crippen LogP) is 2.97.